The van der Waals surface area contributed by atoms with Crippen LogP contribution in [0, 0.1) is 23.2 Å². The summed E-state index contributed by atoms with van der Waals surface area (Å²) in [4.78, 5) is 25.4. The van der Waals surface area contributed by atoms with Gasteiger partial charge in [0.25, 0.3) is 5.56 Å². The molecule has 0 amide bonds. The Morgan fingerprint density at radius 1 is 1.17 bits per heavy atom. The SMILES string of the molecule is C[C@@H]1[C@@H](N=C(Nc2ccc3c(=O)n(CCc4ccc(Cl)cc4Cl)cnc3c2)N2CC[C@H](O)[C@H]2C)C[C@@H]2C[C@H]1C2(C)C. The number of aliphatic imine (C=N–C) groups is 1. The standard InChI is InChI=1S/C32H39Cl2N5O2/c1-18-25-13-21(32(25,3)4)14-27(18)37-31(39-12-10-29(40)19(39)2)36-23-7-8-24-28(16-23)35-17-38(30(24)41)11-9-20-5-6-22(33)15-26(20)34/h5-8,15-19,21,25,27,29,40H,9-14H2,1-4H3,(H,36,37)/t18-,19+,21-,25+,27-,29-/m0/s1. The Bertz CT molecular complexity index is 1550. The molecule has 9 heteroatoms. The van der Waals surface area contributed by atoms with Crippen LogP contribution in [0.4, 0.5) is 5.69 Å². The number of nitrogens with zero attached hydrogens (tertiary/aromatic N) is 4. The van der Waals surface area contributed by atoms with E-state index in [0.29, 0.717) is 57.1 Å². The molecule has 3 aromatic rings. The molecule has 2 bridgehead atoms. The molecule has 7 nitrogen and oxygen atoms in total. The summed E-state index contributed by atoms with van der Waals surface area (Å²) in [5.74, 6) is 2.72. The number of hydrogen-bond donors (Lipinski definition) is 2. The number of aliphatic hydroxyl groups is 1. The maximum Gasteiger partial charge on any atom is 0.261 e. The van der Waals surface area contributed by atoms with Gasteiger partial charge in [0.2, 0.25) is 0 Å². The summed E-state index contributed by atoms with van der Waals surface area (Å²) in [6.45, 7) is 10.4. The van der Waals surface area contributed by atoms with Crippen molar-refractivity contribution in [3.63, 3.8) is 0 Å². The first-order valence-corrected chi connectivity index (χ1v) is 15.5. The predicted octanol–water partition coefficient (Wildman–Crippen LogP) is 6.24. The minimum atomic E-state index is -0.377. The monoisotopic (exact) mass is 595 g/mol. The van der Waals surface area contributed by atoms with Crippen molar-refractivity contribution in [1.29, 1.82) is 0 Å². The van der Waals surface area contributed by atoms with Crippen molar-refractivity contribution in [3.05, 3.63) is 68.7 Å². The van der Waals surface area contributed by atoms with E-state index < -0.39 is 0 Å². The summed E-state index contributed by atoms with van der Waals surface area (Å²) in [5.41, 5.74) is 2.70. The number of aliphatic hydroxyl groups excluding tert-OH is 1. The highest BCUT2D eigenvalue weighted by Crippen LogP contribution is 2.61. The fourth-order valence-electron chi connectivity index (χ4n) is 7.34. The minimum Gasteiger partial charge on any atom is -0.391 e. The van der Waals surface area contributed by atoms with Gasteiger partial charge in [-0.3, -0.25) is 9.36 Å². The summed E-state index contributed by atoms with van der Waals surface area (Å²) in [5, 5.41) is 15.8. The zero-order valence-electron chi connectivity index (χ0n) is 24.1. The predicted molar refractivity (Wildman–Crippen MR) is 167 cm³/mol. The van der Waals surface area contributed by atoms with Crippen molar-refractivity contribution in [3.8, 4) is 0 Å². The first-order chi connectivity index (χ1) is 19.5. The van der Waals surface area contributed by atoms with Gasteiger partial charge in [0, 0.05) is 28.8 Å². The lowest BCUT2D eigenvalue weighted by Crippen LogP contribution is -2.56. The average molecular weight is 597 g/mol. The van der Waals surface area contributed by atoms with Gasteiger partial charge in [-0.1, -0.05) is 50.0 Å². The zero-order chi connectivity index (χ0) is 29.1. The molecule has 4 aliphatic rings. The number of rotatable bonds is 5. The van der Waals surface area contributed by atoms with Gasteiger partial charge in [-0.25, -0.2) is 9.98 Å². The van der Waals surface area contributed by atoms with Crippen LogP contribution in [0.25, 0.3) is 10.9 Å². The van der Waals surface area contributed by atoms with Crippen LogP contribution in [0.2, 0.25) is 10.0 Å². The second kappa shape index (κ2) is 10.9. The Kier molecular flexibility index (Phi) is 7.58. The molecule has 6 atom stereocenters. The van der Waals surface area contributed by atoms with Gasteiger partial charge in [0.05, 0.1) is 35.4 Å². The Hall–Kier alpha value is -2.61. The molecule has 7 rings (SSSR count). The third-order valence-electron chi connectivity index (χ3n) is 10.3. The molecule has 218 valence electrons. The summed E-state index contributed by atoms with van der Waals surface area (Å²) in [6.07, 6.45) is 4.95. The number of aryl methyl sites for hydroxylation is 2. The lowest BCUT2D eigenvalue weighted by atomic mass is 9.45. The highest BCUT2D eigenvalue weighted by molar-refractivity contribution is 6.35. The molecule has 0 radical (unpaired) electrons. The number of benzene rings is 2. The molecule has 1 aromatic heterocycles. The number of guanidine groups is 1. The van der Waals surface area contributed by atoms with Crippen LogP contribution in [0.3, 0.4) is 0 Å². The van der Waals surface area contributed by atoms with Crippen LogP contribution in [-0.4, -0.2) is 50.2 Å². The lowest BCUT2D eigenvalue weighted by molar-refractivity contribution is -0.108. The Morgan fingerprint density at radius 3 is 2.66 bits per heavy atom. The van der Waals surface area contributed by atoms with Gasteiger partial charge < -0.3 is 15.3 Å². The first kappa shape index (κ1) is 28.5. The fraction of sp³-hybridized carbons (Fsp3) is 0.531. The maximum atomic E-state index is 13.3. The van der Waals surface area contributed by atoms with Crippen molar-refractivity contribution >= 4 is 45.8 Å². The highest BCUT2D eigenvalue weighted by atomic mass is 35.5. The molecule has 2 heterocycles. The molecule has 41 heavy (non-hydrogen) atoms. The van der Waals surface area contributed by atoms with E-state index in [1.54, 1.807) is 23.0 Å². The summed E-state index contributed by atoms with van der Waals surface area (Å²) in [7, 11) is 0. The smallest absolute Gasteiger partial charge is 0.261 e. The molecule has 4 fully saturated rings. The van der Waals surface area contributed by atoms with Gasteiger partial charge in [-0.15, -0.1) is 0 Å². The lowest BCUT2D eigenvalue weighted by Gasteiger charge is -2.61. The van der Waals surface area contributed by atoms with E-state index in [1.165, 1.54) is 6.42 Å². The van der Waals surface area contributed by atoms with E-state index >= 15 is 0 Å². The highest BCUT2D eigenvalue weighted by Gasteiger charge is 2.56. The van der Waals surface area contributed by atoms with Crippen molar-refractivity contribution in [2.75, 3.05) is 11.9 Å². The third kappa shape index (κ3) is 5.26. The Morgan fingerprint density at radius 2 is 1.98 bits per heavy atom. The number of aromatic nitrogens is 2. The largest absolute Gasteiger partial charge is 0.391 e. The molecule has 1 saturated heterocycles. The molecule has 0 unspecified atom stereocenters. The molecule has 3 saturated carbocycles. The van der Waals surface area contributed by atoms with Crippen molar-refractivity contribution in [2.24, 2.45) is 28.2 Å². The van der Waals surface area contributed by atoms with Gasteiger partial charge in [-0.05, 0) is 91.7 Å². The Balaban J connectivity index is 1.24. The van der Waals surface area contributed by atoms with Crippen LogP contribution >= 0.6 is 23.2 Å². The van der Waals surface area contributed by atoms with E-state index in [0.717, 1.165) is 36.6 Å². The van der Waals surface area contributed by atoms with Gasteiger partial charge in [-0.2, -0.15) is 0 Å². The molecule has 3 aliphatic carbocycles. The summed E-state index contributed by atoms with van der Waals surface area (Å²) < 4.78 is 1.62. The van der Waals surface area contributed by atoms with E-state index in [-0.39, 0.29) is 23.7 Å². The molecular weight excluding hydrogens is 557 g/mol. The topological polar surface area (TPSA) is 82.8 Å². The number of likely N-dealkylation sites (tertiary alicyclic amines) is 1. The fourth-order valence-corrected chi connectivity index (χ4v) is 7.84. The van der Waals surface area contributed by atoms with Crippen LogP contribution < -0.4 is 10.9 Å². The van der Waals surface area contributed by atoms with Crippen LogP contribution in [0.1, 0.15) is 52.5 Å². The number of halogens is 2. The van der Waals surface area contributed by atoms with E-state index in [1.807, 2.05) is 24.3 Å². The number of nitrogens with one attached hydrogen (secondary N) is 1. The van der Waals surface area contributed by atoms with Gasteiger partial charge in [0.1, 0.15) is 0 Å². The van der Waals surface area contributed by atoms with Crippen LogP contribution in [0.5, 0.6) is 0 Å². The molecule has 2 N–H and O–H groups in total. The maximum absolute atomic E-state index is 13.3. The first-order valence-electron chi connectivity index (χ1n) is 14.8. The number of fused-ring (bicyclic) bond motifs is 3. The molecule has 1 aliphatic heterocycles. The zero-order valence-corrected chi connectivity index (χ0v) is 25.7. The second-order valence-corrected chi connectivity index (χ2v) is 13.7. The quantitative estimate of drug-likeness (QED) is 0.269. The third-order valence-corrected chi connectivity index (χ3v) is 10.9. The van der Waals surface area contributed by atoms with Crippen LogP contribution in [-0.2, 0) is 13.0 Å². The molecule has 2 aromatic carbocycles. The van der Waals surface area contributed by atoms with Crippen molar-refractivity contribution in [1.82, 2.24) is 14.5 Å². The van der Waals surface area contributed by atoms with E-state index in [2.05, 4.69) is 42.9 Å². The van der Waals surface area contributed by atoms with Crippen molar-refractivity contribution < 1.29 is 5.11 Å². The summed E-state index contributed by atoms with van der Waals surface area (Å²) >= 11 is 12.3. The van der Waals surface area contributed by atoms with Gasteiger partial charge in [0.15, 0.2) is 5.96 Å². The number of anilines is 1. The summed E-state index contributed by atoms with van der Waals surface area (Å²) in [6, 6.07) is 11.3. The molecule has 0 spiro atoms. The average Bonchev–Trinajstić information content (AvgIpc) is 3.27. The van der Waals surface area contributed by atoms with E-state index in [4.69, 9.17) is 28.2 Å². The number of hydrogen-bond acceptors (Lipinski definition) is 4. The second-order valence-electron chi connectivity index (χ2n) is 12.9. The Labute approximate surface area is 251 Å². The van der Waals surface area contributed by atoms with Gasteiger partial charge >= 0.3 is 0 Å². The minimum absolute atomic E-state index is 0.0222. The normalized spacial score (nSPS) is 29.0. The van der Waals surface area contributed by atoms with Crippen molar-refractivity contribution in [2.45, 2.75) is 78.1 Å². The van der Waals surface area contributed by atoms with Crippen LogP contribution in [0.15, 0.2) is 52.5 Å². The molecular formula is C32H39Cl2N5O2. The van der Waals surface area contributed by atoms with E-state index in [9.17, 15) is 9.90 Å².